The van der Waals surface area contributed by atoms with E-state index in [-0.39, 0.29) is 11.6 Å². The molecule has 0 saturated carbocycles. The Kier molecular flexibility index (Phi) is 4.14. The minimum absolute atomic E-state index is 0.0597. The average molecular weight is 342 g/mol. The van der Waals surface area contributed by atoms with E-state index in [0.717, 1.165) is 0 Å². The first-order chi connectivity index (χ1) is 11.5. The molecule has 1 heterocycles. The Labute approximate surface area is 142 Å². The van der Waals surface area contributed by atoms with Crippen molar-refractivity contribution >= 4 is 40.7 Å². The van der Waals surface area contributed by atoms with E-state index in [0.29, 0.717) is 27.6 Å². The van der Waals surface area contributed by atoms with Crippen LogP contribution in [0.1, 0.15) is 12.5 Å². The van der Waals surface area contributed by atoms with Crippen LogP contribution in [0.3, 0.4) is 0 Å². The van der Waals surface area contributed by atoms with Crippen molar-refractivity contribution in [2.45, 2.75) is 6.92 Å². The van der Waals surface area contributed by atoms with Gasteiger partial charge < -0.3 is 0 Å². The number of nitrogens with zero attached hydrogens (tertiary/aromatic N) is 3. The molecule has 2 aromatic rings. The van der Waals surface area contributed by atoms with Crippen LogP contribution in [0.25, 0.3) is 6.08 Å². The zero-order valence-corrected chi connectivity index (χ0v) is 13.4. The highest BCUT2D eigenvalue weighted by Gasteiger charge is 2.29. The Morgan fingerprint density at radius 3 is 2.50 bits per heavy atom. The lowest BCUT2D eigenvalue weighted by atomic mass is 10.1. The number of hydrazone groups is 1. The number of halogens is 1. The molecule has 2 aromatic carbocycles. The van der Waals surface area contributed by atoms with Crippen LogP contribution >= 0.6 is 11.6 Å². The summed E-state index contributed by atoms with van der Waals surface area (Å²) >= 11 is 5.85. The number of nitro benzene ring substituents is 1. The molecule has 120 valence electrons. The van der Waals surface area contributed by atoms with Crippen LogP contribution < -0.4 is 5.01 Å². The first-order valence-corrected chi connectivity index (χ1v) is 7.46. The number of nitro groups is 1. The predicted molar refractivity (Wildman–Crippen MR) is 93.1 cm³/mol. The first-order valence-electron chi connectivity index (χ1n) is 7.08. The highest BCUT2D eigenvalue weighted by Crippen LogP contribution is 2.28. The summed E-state index contributed by atoms with van der Waals surface area (Å²) in [6, 6.07) is 13.0. The van der Waals surface area contributed by atoms with Crippen molar-refractivity contribution in [2.75, 3.05) is 5.01 Å². The van der Waals surface area contributed by atoms with Gasteiger partial charge in [0, 0.05) is 11.1 Å². The molecule has 0 bridgehead atoms. The molecule has 3 rings (SSSR count). The maximum Gasteiger partial charge on any atom is 0.280 e. The van der Waals surface area contributed by atoms with Crippen molar-refractivity contribution < 1.29 is 9.72 Å². The highest BCUT2D eigenvalue weighted by atomic mass is 35.5. The summed E-state index contributed by atoms with van der Waals surface area (Å²) in [4.78, 5) is 23.3. The van der Waals surface area contributed by atoms with Crippen molar-refractivity contribution in [3.05, 3.63) is 74.8 Å². The molecule has 0 radical (unpaired) electrons. The largest absolute Gasteiger partial charge is 0.280 e. The number of anilines is 1. The molecule has 0 unspecified atom stereocenters. The summed E-state index contributed by atoms with van der Waals surface area (Å²) in [6.07, 6.45) is 1.50. The van der Waals surface area contributed by atoms with Crippen LogP contribution in [0.2, 0.25) is 5.02 Å². The van der Waals surface area contributed by atoms with Gasteiger partial charge in [-0.2, -0.15) is 10.1 Å². The number of para-hydroxylation sites is 1. The van der Waals surface area contributed by atoms with E-state index in [1.54, 1.807) is 49.4 Å². The van der Waals surface area contributed by atoms with E-state index in [9.17, 15) is 14.9 Å². The van der Waals surface area contributed by atoms with Crippen LogP contribution in [0, 0.1) is 10.1 Å². The molecule has 0 aliphatic carbocycles. The third-order valence-electron chi connectivity index (χ3n) is 3.57. The van der Waals surface area contributed by atoms with E-state index < -0.39 is 4.92 Å². The number of carbonyl (C=O) groups is 1. The molecule has 0 fully saturated rings. The van der Waals surface area contributed by atoms with Crippen LogP contribution in [0.5, 0.6) is 0 Å². The summed E-state index contributed by atoms with van der Waals surface area (Å²) in [5.41, 5.74) is 1.69. The maximum atomic E-state index is 12.6. The quantitative estimate of drug-likeness (QED) is 0.480. The van der Waals surface area contributed by atoms with Gasteiger partial charge in [0.15, 0.2) is 0 Å². The van der Waals surface area contributed by atoms with Gasteiger partial charge in [0.25, 0.3) is 11.6 Å². The molecule has 24 heavy (non-hydrogen) atoms. The van der Waals surface area contributed by atoms with Crippen LogP contribution in [-0.4, -0.2) is 16.5 Å². The Morgan fingerprint density at radius 1 is 1.17 bits per heavy atom. The molecule has 1 aliphatic rings. The second kappa shape index (κ2) is 6.25. The van der Waals surface area contributed by atoms with E-state index in [1.807, 2.05) is 0 Å². The molecule has 1 aliphatic heterocycles. The SMILES string of the molecule is CC1=NN(c2ccc(Cl)cc2)C(=O)/C1=C\c1ccccc1[N+](=O)[O-]. The zero-order valence-electron chi connectivity index (χ0n) is 12.6. The van der Waals surface area contributed by atoms with Gasteiger partial charge in [-0.1, -0.05) is 23.7 Å². The van der Waals surface area contributed by atoms with Gasteiger partial charge in [-0.05, 0) is 43.3 Å². The van der Waals surface area contributed by atoms with Gasteiger partial charge in [-0.15, -0.1) is 0 Å². The molecule has 0 N–H and O–H groups in total. The third kappa shape index (κ3) is 2.91. The number of hydrogen-bond donors (Lipinski definition) is 0. The van der Waals surface area contributed by atoms with E-state index >= 15 is 0 Å². The topological polar surface area (TPSA) is 75.8 Å². The third-order valence-corrected chi connectivity index (χ3v) is 3.82. The highest BCUT2D eigenvalue weighted by molar-refractivity contribution is 6.32. The summed E-state index contributed by atoms with van der Waals surface area (Å²) in [5, 5.41) is 17.2. The minimum Gasteiger partial charge on any atom is -0.267 e. The molecule has 0 saturated heterocycles. The van der Waals surface area contributed by atoms with Gasteiger partial charge in [0.2, 0.25) is 0 Å². The van der Waals surface area contributed by atoms with Gasteiger partial charge in [0.05, 0.1) is 27.5 Å². The van der Waals surface area contributed by atoms with Crippen molar-refractivity contribution in [1.29, 1.82) is 0 Å². The summed E-state index contributed by atoms with van der Waals surface area (Å²) in [5.74, 6) is -0.340. The second-order valence-corrected chi connectivity index (χ2v) is 5.59. The second-order valence-electron chi connectivity index (χ2n) is 5.15. The van der Waals surface area contributed by atoms with Gasteiger partial charge in [-0.3, -0.25) is 14.9 Å². The lowest BCUT2D eigenvalue weighted by Crippen LogP contribution is -2.21. The molecule has 7 heteroatoms. The van der Waals surface area contributed by atoms with Crippen molar-refractivity contribution in [3.63, 3.8) is 0 Å². The molecule has 0 aromatic heterocycles. The number of carbonyl (C=O) groups excluding carboxylic acids is 1. The van der Waals surface area contributed by atoms with Gasteiger partial charge >= 0.3 is 0 Å². The summed E-state index contributed by atoms with van der Waals surface area (Å²) in [7, 11) is 0. The van der Waals surface area contributed by atoms with Gasteiger partial charge in [0.1, 0.15) is 0 Å². The standard InChI is InChI=1S/C17H12ClN3O3/c1-11-15(10-12-4-2-3-5-16(12)21(23)24)17(22)20(19-11)14-8-6-13(18)7-9-14/h2-10H,1H3/b15-10-. The van der Waals surface area contributed by atoms with E-state index in [2.05, 4.69) is 5.10 Å². The number of amides is 1. The maximum absolute atomic E-state index is 12.6. The van der Waals surface area contributed by atoms with Crippen LogP contribution in [0.4, 0.5) is 11.4 Å². The summed E-state index contributed by atoms with van der Waals surface area (Å²) < 4.78 is 0. The summed E-state index contributed by atoms with van der Waals surface area (Å²) in [6.45, 7) is 1.69. The van der Waals surface area contributed by atoms with E-state index in [1.165, 1.54) is 17.2 Å². The van der Waals surface area contributed by atoms with Crippen molar-refractivity contribution in [2.24, 2.45) is 5.10 Å². The van der Waals surface area contributed by atoms with Crippen molar-refractivity contribution in [1.82, 2.24) is 0 Å². The minimum atomic E-state index is -0.477. The molecule has 0 spiro atoms. The molecule has 1 amide bonds. The number of hydrogen-bond acceptors (Lipinski definition) is 4. The number of benzene rings is 2. The first kappa shape index (κ1) is 15.9. The lowest BCUT2D eigenvalue weighted by Gasteiger charge is -2.11. The Morgan fingerprint density at radius 2 is 1.83 bits per heavy atom. The molecular formula is C17H12ClN3O3. The van der Waals surface area contributed by atoms with Crippen LogP contribution in [-0.2, 0) is 4.79 Å². The van der Waals surface area contributed by atoms with Gasteiger partial charge in [-0.25, -0.2) is 0 Å². The van der Waals surface area contributed by atoms with Crippen molar-refractivity contribution in [3.8, 4) is 0 Å². The fraction of sp³-hybridized carbons (Fsp3) is 0.0588. The molecule has 6 nitrogen and oxygen atoms in total. The number of rotatable bonds is 3. The fourth-order valence-electron chi connectivity index (χ4n) is 2.37. The van der Waals surface area contributed by atoms with Crippen LogP contribution in [0.15, 0.2) is 59.2 Å². The predicted octanol–water partition coefficient (Wildman–Crippen LogP) is 4.05. The molecule has 0 atom stereocenters. The Balaban J connectivity index is 1.99. The average Bonchev–Trinajstić information content (AvgIpc) is 2.84. The zero-order chi connectivity index (χ0) is 17.3. The normalized spacial score (nSPS) is 15.8. The van der Waals surface area contributed by atoms with E-state index in [4.69, 9.17) is 11.6 Å². The smallest absolute Gasteiger partial charge is 0.267 e. The lowest BCUT2D eigenvalue weighted by molar-refractivity contribution is -0.385. The molecular weight excluding hydrogens is 330 g/mol. The monoisotopic (exact) mass is 341 g/mol. The Bertz CT molecular complexity index is 888. The Hall–Kier alpha value is -2.99. The fourth-order valence-corrected chi connectivity index (χ4v) is 2.50.